The minimum Gasteiger partial charge on any atom is -0.454 e. The molecule has 7 nitrogen and oxygen atoms in total. The Morgan fingerprint density at radius 1 is 1.00 bits per heavy atom. The summed E-state index contributed by atoms with van der Waals surface area (Å²) in [5, 5.41) is 0.566. The topological polar surface area (TPSA) is 73.7 Å². The van der Waals surface area contributed by atoms with E-state index in [9.17, 15) is 9.59 Å². The molecule has 1 amide bonds. The smallest absolute Gasteiger partial charge is 0.261 e. The van der Waals surface area contributed by atoms with Gasteiger partial charge in [-0.1, -0.05) is 56.3 Å². The molecule has 2 heterocycles. The van der Waals surface area contributed by atoms with Crippen molar-refractivity contribution in [1.82, 2.24) is 14.5 Å². The lowest BCUT2D eigenvalue weighted by Gasteiger charge is -2.32. The molecule has 0 saturated carbocycles. The average molecular weight is 484 g/mol. The quantitative estimate of drug-likeness (QED) is 0.345. The Kier molecular flexibility index (Phi) is 6.71. The fourth-order valence-corrected chi connectivity index (χ4v) is 4.74. The van der Waals surface area contributed by atoms with Crippen LogP contribution in [0.1, 0.15) is 54.5 Å². The maximum absolute atomic E-state index is 13.8. The van der Waals surface area contributed by atoms with E-state index in [0.717, 1.165) is 12.0 Å². The van der Waals surface area contributed by atoms with Gasteiger partial charge in [0.15, 0.2) is 11.5 Å². The van der Waals surface area contributed by atoms with Gasteiger partial charge in [-0.15, -0.1) is 0 Å². The van der Waals surface area contributed by atoms with Crippen LogP contribution < -0.4 is 15.0 Å². The largest absolute Gasteiger partial charge is 0.454 e. The third-order valence-corrected chi connectivity index (χ3v) is 6.48. The molecule has 7 heteroatoms. The summed E-state index contributed by atoms with van der Waals surface area (Å²) in [7, 11) is 0. The molecule has 4 aromatic rings. The van der Waals surface area contributed by atoms with Gasteiger partial charge >= 0.3 is 0 Å². The first kappa shape index (κ1) is 23.6. The van der Waals surface area contributed by atoms with Crippen LogP contribution in [0.4, 0.5) is 0 Å². The number of fused-ring (bicyclic) bond motifs is 2. The zero-order valence-electron chi connectivity index (χ0n) is 20.5. The monoisotopic (exact) mass is 483 g/mol. The number of rotatable bonds is 8. The van der Waals surface area contributed by atoms with Crippen molar-refractivity contribution >= 4 is 16.8 Å². The number of amides is 1. The summed E-state index contributed by atoms with van der Waals surface area (Å²) < 4.78 is 12.6. The first-order chi connectivity index (χ1) is 17.6. The van der Waals surface area contributed by atoms with Gasteiger partial charge in [0.1, 0.15) is 5.82 Å². The van der Waals surface area contributed by atoms with Crippen molar-refractivity contribution in [3.63, 3.8) is 0 Å². The van der Waals surface area contributed by atoms with Crippen molar-refractivity contribution in [3.8, 4) is 11.5 Å². The molecule has 0 N–H and O–H groups in total. The number of carbonyl (C=O) groups excluding carboxylic acids is 1. The Balaban J connectivity index is 1.62. The number of hydrogen-bond donors (Lipinski definition) is 0. The van der Waals surface area contributed by atoms with Crippen LogP contribution in [0.2, 0.25) is 0 Å². The van der Waals surface area contributed by atoms with Crippen LogP contribution in [-0.4, -0.2) is 33.7 Å². The Labute approximate surface area is 209 Å². The summed E-state index contributed by atoms with van der Waals surface area (Å²) in [5.41, 5.74) is 2.04. The molecular weight excluding hydrogens is 454 g/mol. The third-order valence-electron chi connectivity index (χ3n) is 6.48. The minimum absolute atomic E-state index is 0.107. The van der Waals surface area contributed by atoms with Gasteiger partial charge in [0.2, 0.25) is 6.79 Å². The lowest BCUT2D eigenvalue weighted by atomic mass is 10.1. The van der Waals surface area contributed by atoms with Crippen LogP contribution in [0, 0.1) is 0 Å². The van der Waals surface area contributed by atoms with E-state index >= 15 is 0 Å². The lowest BCUT2D eigenvalue weighted by molar-refractivity contribution is 0.0656. The second kappa shape index (κ2) is 10.2. The Morgan fingerprint density at radius 2 is 1.75 bits per heavy atom. The van der Waals surface area contributed by atoms with Gasteiger partial charge < -0.3 is 14.4 Å². The van der Waals surface area contributed by atoms with Crippen molar-refractivity contribution in [3.05, 3.63) is 100 Å². The van der Waals surface area contributed by atoms with E-state index in [1.54, 1.807) is 28.8 Å². The van der Waals surface area contributed by atoms with Gasteiger partial charge in [-0.3, -0.25) is 14.2 Å². The Hall–Kier alpha value is -4.13. The van der Waals surface area contributed by atoms with Crippen LogP contribution in [0.3, 0.4) is 0 Å². The summed E-state index contributed by atoms with van der Waals surface area (Å²) in [6.07, 6.45) is 1.37. The summed E-state index contributed by atoms with van der Waals surface area (Å²) in [5.74, 6) is 1.66. The predicted octanol–water partition coefficient (Wildman–Crippen LogP) is 5.18. The highest BCUT2D eigenvalue weighted by molar-refractivity contribution is 5.95. The van der Waals surface area contributed by atoms with Crippen LogP contribution in [-0.2, 0) is 6.54 Å². The molecule has 0 saturated heterocycles. The van der Waals surface area contributed by atoms with Crippen LogP contribution in [0.5, 0.6) is 11.5 Å². The fourth-order valence-electron chi connectivity index (χ4n) is 4.74. The molecule has 0 fully saturated rings. The molecular formula is C29H29N3O4. The van der Waals surface area contributed by atoms with Gasteiger partial charge in [-0.25, -0.2) is 4.98 Å². The Morgan fingerprint density at radius 3 is 2.53 bits per heavy atom. The molecule has 1 aliphatic heterocycles. The summed E-state index contributed by atoms with van der Waals surface area (Å²) in [4.78, 5) is 34.3. The lowest BCUT2D eigenvalue weighted by Crippen LogP contribution is -2.39. The SMILES string of the molecule is CCCN(C(=O)c1ccc2c(c1)OCO2)C(CC)c1nc2ccccc2c(=O)n1Cc1ccccc1. The highest BCUT2D eigenvalue weighted by atomic mass is 16.7. The van der Waals surface area contributed by atoms with E-state index in [-0.39, 0.29) is 24.3 Å². The van der Waals surface area contributed by atoms with E-state index in [2.05, 4.69) is 0 Å². The van der Waals surface area contributed by atoms with Gasteiger partial charge in [0, 0.05) is 12.1 Å². The maximum atomic E-state index is 13.8. The number of benzene rings is 3. The zero-order chi connectivity index (χ0) is 25.1. The molecule has 3 aromatic carbocycles. The molecule has 184 valence electrons. The molecule has 36 heavy (non-hydrogen) atoms. The van der Waals surface area contributed by atoms with Crippen molar-refractivity contribution in [2.75, 3.05) is 13.3 Å². The summed E-state index contributed by atoms with van der Waals surface area (Å²) in [6.45, 7) is 5.11. The average Bonchev–Trinajstić information content (AvgIpc) is 3.39. The van der Waals surface area contributed by atoms with E-state index < -0.39 is 0 Å². The molecule has 1 atom stereocenters. The van der Waals surface area contributed by atoms with Gasteiger partial charge in [-0.2, -0.15) is 0 Å². The fraction of sp³-hybridized carbons (Fsp3) is 0.276. The van der Waals surface area contributed by atoms with Crippen molar-refractivity contribution in [2.45, 2.75) is 39.3 Å². The number of para-hydroxylation sites is 1. The van der Waals surface area contributed by atoms with E-state index in [0.29, 0.717) is 53.3 Å². The first-order valence-electron chi connectivity index (χ1n) is 12.3. The molecule has 0 spiro atoms. The molecule has 1 unspecified atom stereocenters. The number of carbonyl (C=O) groups is 1. The molecule has 5 rings (SSSR count). The molecule has 1 aliphatic rings. The van der Waals surface area contributed by atoms with Crippen molar-refractivity contribution < 1.29 is 14.3 Å². The molecule has 0 aliphatic carbocycles. The van der Waals surface area contributed by atoms with E-state index in [1.165, 1.54) is 0 Å². The van der Waals surface area contributed by atoms with Gasteiger partial charge in [-0.05, 0) is 48.7 Å². The summed E-state index contributed by atoms with van der Waals surface area (Å²) >= 11 is 0. The highest BCUT2D eigenvalue weighted by Crippen LogP contribution is 2.34. The Bertz CT molecular complexity index is 1450. The number of hydrogen-bond acceptors (Lipinski definition) is 5. The second-order valence-electron chi connectivity index (χ2n) is 8.85. The minimum atomic E-state index is -0.385. The van der Waals surface area contributed by atoms with Crippen molar-refractivity contribution in [1.29, 1.82) is 0 Å². The number of aromatic nitrogens is 2. The zero-order valence-corrected chi connectivity index (χ0v) is 20.5. The standard InChI is InChI=1S/C29H29N3O4/c1-3-16-31(28(33)21-14-15-25-26(17-21)36-19-35-25)24(4-2)27-30-23-13-9-8-12-22(23)29(34)32(27)18-20-10-6-5-7-11-20/h5-15,17,24H,3-4,16,18-19H2,1-2H3. The van der Waals surface area contributed by atoms with Crippen molar-refractivity contribution in [2.24, 2.45) is 0 Å². The maximum Gasteiger partial charge on any atom is 0.261 e. The van der Waals surface area contributed by atoms with E-state index in [4.69, 9.17) is 14.5 Å². The number of nitrogens with zero attached hydrogens (tertiary/aromatic N) is 3. The molecule has 0 bridgehead atoms. The normalized spacial score (nSPS) is 13.1. The van der Waals surface area contributed by atoms with Crippen LogP contribution >= 0.6 is 0 Å². The third kappa shape index (κ3) is 4.44. The summed E-state index contributed by atoms with van der Waals surface area (Å²) in [6, 6.07) is 22.1. The van der Waals surface area contributed by atoms with Crippen LogP contribution in [0.15, 0.2) is 77.6 Å². The van der Waals surface area contributed by atoms with Gasteiger partial charge in [0.25, 0.3) is 11.5 Å². The molecule has 0 radical (unpaired) electrons. The first-order valence-corrected chi connectivity index (χ1v) is 12.3. The van der Waals surface area contributed by atoms with Gasteiger partial charge in [0.05, 0.1) is 23.5 Å². The predicted molar refractivity (Wildman–Crippen MR) is 138 cm³/mol. The number of ether oxygens (including phenoxy) is 2. The molecule has 1 aromatic heterocycles. The van der Waals surface area contributed by atoms with E-state index in [1.807, 2.05) is 67.3 Å². The second-order valence-corrected chi connectivity index (χ2v) is 8.85. The van der Waals surface area contributed by atoms with Crippen LogP contribution in [0.25, 0.3) is 10.9 Å². The highest BCUT2D eigenvalue weighted by Gasteiger charge is 2.30.